The van der Waals surface area contributed by atoms with Crippen molar-refractivity contribution >= 4 is 51.2 Å². The lowest BCUT2D eigenvalue weighted by molar-refractivity contribution is 0.0690. The third-order valence-electron chi connectivity index (χ3n) is 9.56. The number of rotatable bonds is 10. The van der Waals surface area contributed by atoms with Crippen LogP contribution in [0.2, 0.25) is 0 Å². The number of hydrogen-bond acceptors (Lipinski definition) is 10. The number of nitrogens with zero attached hydrogens (tertiary/aromatic N) is 5. The second-order valence-corrected chi connectivity index (χ2v) is 13.3. The summed E-state index contributed by atoms with van der Waals surface area (Å²) in [7, 11) is 3.30. The zero-order valence-corrected chi connectivity index (χ0v) is 31.6. The molecule has 1 aliphatic rings. The molecule has 58 heavy (non-hydrogen) atoms. The number of fused-ring (bicyclic) bond motifs is 3. The van der Waals surface area contributed by atoms with Crippen molar-refractivity contribution in [2.24, 2.45) is 0 Å². The zero-order chi connectivity index (χ0) is 40.6. The van der Waals surface area contributed by atoms with Crippen LogP contribution in [-0.2, 0) is 19.4 Å². The van der Waals surface area contributed by atoms with Crippen molar-refractivity contribution in [3.8, 4) is 11.5 Å². The highest BCUT2D eigenvalue weighted by Crippen LogP contribution is 2.33. The van der Waals surface area contributed by atoms with Gasteiger partial charge in [0, 0.05) is 25.3 Å². The fourth-order valence-electron chi connectivity index (χ4n) is 6.54. The standard InChI is InChI=1S/C35H32FN5O4.C9H6N2O2/c1-44-31-18-23-15-17-41(21-24(23)19-32(31)45-2)16-14-22-10-12-25(13-11-22)38-35(43)33-26(36)6-5-9-29(33)40-34(42)30-20-37-27-7-3-4-8-28(27)39-30;12-9(13)8-5-10-6-3-1-2-4-7(6)11-8/h3-13,18-20H,14-17,21H2,1-2H3,(H,38,43)(H,40,42);1-5H,(H,12,13). The van der Waals surface area contributed by atoms with Gasteiger partial charge in [0.2, 0.25) is 0 Å². The first-order valence-corrected chi connectivity index (χ1v) is 18.3. The van der Waals surface area contributed by atoms with Gasteiger partial charge >= 0.3 is 5.97 Å². The van der Waals surface area contributed by atoms with Gasteiger partial charge in [0.1, 0.15) is 11.5 Å². The van der Waals surface area contributed by atoms with E-state index in [-0.39, 0.29) is 22.6 Å². The Morgan fingerprint density at radius 1 is 0.724 bits per heavy atom. The Morgan fingerprint density at radius 3 is 1.97 bits per heavy atom. The molecule has 0 bridgehead atoms. The fraction of sp³-hybridized carbons (Fsp3) is 0.159. The van der Waals surface area contributed by atoms with Gasteiger partial charge in [-0.05, 0) is 90.2 Å². The number of aromatic carboxylic acids is 1. The largest absolute Gasteiger partial charge is 0.493 e. The van der Waals surface area contributed by atoms with Crippen LogP contribution in [0, 0.1) is 5.82 Å². The summed E-state index contributed by atoms with van der Waals surface area (Å²) in [5.74, 6) is -1.61. The topological polar surface area (TPSA) is 169 Å². The van der Waals surface area contributed by atoms with Crippen LogP contribution < -0.4 is 20.1 Å². The van der Waals surface area contributed by atoms with Gasteiger partial charge in [0.05, 0.1) is 59.9 Å². The SMILES string of the molecule is COc1cc2c(cc1OC)CN(CCc1ccc(NC(=O)c3c(F)cccc3NC(=O)c3cnc4ccccc4n3)cc1)CC2.O=C(O)c1cnc2ccccc2n1. The van der Waals surface area contributed by atoms with Gasteiger partial charge in [-0.1, -0.05) is 42.5 Å². The van der Waals surface area contributed by atoms with Crippen LogP contribution >= 0.6 is 0 Å². The summed E-state index contributed by atoms with van der Waals surface area (Å²) in [6, 6.07) is 30.0. The number of halogens is 1. The first-order chi connectivity index (χ1) is 28.2. The molecule has 0 atom stereocenters. The number of ether oxygens (including phenoxy) is 2. The average molecular weight is 780 g/mol. The van der Waals surface area contributed by atoms with E-state index in [4.69, 9.17) is 14.6 Å². The number of carboxylic acid groups (broad SMARTS) is 1. The van der Waals surface area contributed by atoms with E-state index in [9.17, 15) is 18.8 Å². The lowest BCUT2D eigenvalue weighted by Gasteiger charge is -2.29. The Balaban J connectivity index is 0.000000333. The van der Waals surface area contributed by atoms with Crippen LogP contribution in [-0.4, -0.2) is 75.0 Å². The van der Waals surface area contributed by atoms with E-state index in [1.807, 2.05) is 24.3 Å². The molecule has 0 aliphatic carbocycles. The number of carboxylic acids is 1. The molecule has 3 N–H and O–H groups in total. The molecule has 0 fully saturated rings. The minimum atomic E-state index is -1.06. The van der Waals surface area contributed by atoms with Crippen LogP contribution in [0.5, 0.6) is 11.5 Å². The fourth-order valence-corrected chi connectivity index (χ4v) is 6.54. The van der Waals surface area contributed by atoms with Gasteiger partial charge in [-0.2, -0.15) is 0 Å². The van der Waals surface area contributed by atoms with Crippen molar-refractivity contribution in [1.29, 1.82) is 0 Å². The van der Waals surface area contributed by atoms with E-state index < -0.39 is 23.6 Å². The molecule has 2 amide bonds. The lowest BCUT2D eigenvalue weighted by atomic mass is 9.98. The van der Waals surface area contributed by atoms with Crippen molar-refractivity contribution in [3.05, 3.63) is 155 Å². The average Bonchev–Trinajstić information content (AvgIpc) is 3.25. The van der Waals surface area contributed by atoms with E-state index in [0.29, 0.717) is 27.8 Å². The molecule has 292 valence electrons. The molecule has 1 aliphatic heterocycles. The van der Waals surface area contributed by atoms with Gasteiger partial charge in [-0.25, -0.2) is 19.2 Å². The number of aromatic nitrogens is 4. The van der Waals surface area contributed by atoms with Gasteiger partial charge in [-0.15, -0.1) is 0 Å². The Hall–Kier alpha value is -7.32. The molecule has 0 radical (unpaired) electrons. The Kier molecular flexibility index (Phi) is 11.8. The molecule has 13 nitrogen and oxygen atoms in total. The molecule has 8 rings (SSSR count). The highest BCUT2D eigenvalue weighted by Gasteiger charge is 2.21. The molecular weight excluding hydrogens is 742 g/mol. The number of benzene rings is 5. The third kappa shape index (κ3) is 9.03. The van der Waals surface area contributed by atoms with Gasteiger partial charge in [-0.3, -0.25) is 24.5 Å². The van der Waals surface area contributed by atoms with Crippen LogP contribution in [0.15, 0.2) is 116 Å². The Labute approximate surface area is 332 Å². The van der Waals surface area contributed by atoms with Crippen LogP contribution in [0.25, 0.3) is 22.1 Å². The number of anilines is 2. The normalized spacial score (nSPS) is 12.2. The molecule has 0 spiro atoms. The summed E-state index contributed by atoms with van der Waals surface area (Å²) in [5, 5.41) is 14.0. The summed E-state index contributed by atoms with van der Waals surface area (Å²) in [6.45, 7) is 2.66. The van der Waals surface area contributed by atoms with E-state index in [1.54, 1.807) is 62.8 Å². The van der Waals surface area contributed by atoms with Gasteiger partial charge in [0.25, 0.3) is 11.8 Å². The van der Waals surface area contributed by atoms with E-state index >= 15 is 0 Å². The molecular formula is C44H38FN7O6. The Morgan fingerprint density at radius 2 is 1.33 bits per heavy atom. The number of amides is 2. The predicted octanol–water partition coefficient (Wildman–Crippen LogP) is 7.22. The second kappa shape index (κ2) is 17.6. The first kappa shape index (κ1) is 38.9. The van der Waals surface area contributed by atoms with Crippen LogP contribution in [0.1, 0.15) is 48.0 Å². The molecule has 0 saturated carbocycles. The van der Waals surface area contributed by atoms with Crippen molar-refractivity contribution in [2.75, 3.05) is 37.9 Å². The number of carbonyl (C=O) groups excluding carboxylic acids is 2. The minimum Gasteiger partial charge on any atom is -0.493 e. The molecule has 5 aromatic carbocycles. The van der Waals surface area contributed by atoms with Gasteiger partial charge in [0.15, 0.2) is 17.2 Å². The maximum absolute atomic E-state index is 14.9. The summed E-state index contributed by atoms with van der Waals surface area (Å²) < 4.78 is 25.8. The van der Waals surface area contributed by atoms with Crippen LogP contribution in [0.4, 0.5) is 15.8 Å². The number of carbonyl (C=O) groups is 3. The smallest absolute Gasteiger partial charge is 0.356 e. The highest BCUT2D eigenvalue weighted by molar-refractivity contribution is 6.12. The van der Waals surface area contributed by atoms with Crippen LogP contribution in [0.3, 0.4) is 0 Å². The monoisotopic (exact) mass is 779 g/mol. The molecule has 0 unspecified atom stereocenters. The first-order valence-electron chi connectivity index (χ1n) is 18.3. The third-order valence-corrected chi connectivity index (χ3v) is 9.56. The quantitative estimate of drug-likeness (QED) is 0.128. The number of methoxy groups -OCH3 is 2. The summed E-state index contributed by atoms with van der Waals surface area (Å²) in [4.78, 5) is 55.6. The van der Waals surface area contributed by atoms with Crippen molar-refractivity contribution in [3.63, 3.8) is 0 Å². The van der Waals surface area contributed by atoms with Crippen molar-refractivity contribution in [2.45, 2.75) is 19.4 Å². The van der Waals surface area contributed by atoms with Gasteiger partial charge < -0.3 is 25.2 Å². The van der Waals surface area contributed by atoms with Crippen molar-refractivity contribution < 1.29 is 33.4 Å². The highest BCUT2D eigenvalue weighted by atomic mass is 19.1. The minimum absolute atomic E-state index is 0.0290. The maximum atomic E-state index is 14.9. The number of hydrogen-bond donors (Lipinski definition) is 3. The predicted molar refractivity (Wildman–Crippen MR) is 217 cm³/mol. The maximum Gasteiger partial charge on any atom is 0.356 e. The summed E-state index contributed by atoms with van der Waals surface area (Å²) in [6.07, 6.45) is 4.37. The molecule has 7 aromatic rings. The molecule has 3 heterocycles. The van der Waals surface area contributed by atoms with E-state index in [0.717, 1.165) is 49.5 Å². The summed E-state index contributed by atoms with van der Waals surface area (Å²) in [5.41, 5.74) is 6.42. The second-order valence-electron chi connectivity index (χ2n) is 13.3. The Bertz CT molecular complexity index is 2640. The zero-order valence-electron chi connectivity index (χ0n) is 31.6. The molecule has 2 aromatic heterocycles. The molecule has 14 heteroatoms. The number of para-hydroxylation sites is 4. The number of nitrogens with one attached hydrogen (secondary N) is 2. The van der Waals surface area contributed by atoms with Crippen molar-refractivity contribution in [1.82, 2.24) is 24.8 Å². The van der Waals surface area contributed by atoms with E-state index in [1.165, 1.54) is 41.7 Å². The lowest BCUT2D eigenvalue weighted by Crippen LogP contribution is -2.32. The van der Waals surface area contributed by atoms with E-state index in [2.05, 4.69) is 47.6 Å². The molecule has 0 saturated heterocycles. The summed E-state index contributed by atoms with van der Waals surface area (Å²) >= 11 is 0.